The van der Waals surface area contributed by atoms with Gasteiger partial charge in [0, 0.05) is 11.9 Å². The van der Waals surface area contributed by atoms with Gasteiger partial charge in [-0.05, 0) is 25.1 Å². The largest absolute Gasteiger partial charge is 0.433 e. The van der Waals surface area contributed by atoms with Crippen LogP contribution in [0, 0.1) is 6.92 Å². The first kappa shape index (κ1) is 11.2. The highest BCUT2D eigenvalue weighted by Gasteiger charge is 2.35. The van der Waals surface area contributed by atoms with Crippen LogP contribution in [0.1, 0.15) is 10.6 Å². The zero-order valence-corrected chi connectivity index (χ0v) is 9.49. The normalized spacial score (nSPS) is 12.1. The molecule has 0 atom stereocenters. The molecular weight excluding hydrogens is 237 g/mol. The minimum atomic E-state index is -4.35. The summed E-state index contributed by atoms with van der Waals surface area (Å²) in [7, 11) is 1.30. The number of hydrogen-bond acceptors (Lipinski definition) is 2. The van der Waals surface area contributed by atoms with Gasteiger partial charge < -0.3 is 0 Å². The fraction of sp³-hybridized carbons (Fsp3) is 0.300. The van der Waals surface area contributed by atoms with Gasteiger partial charge in [-0.1, -0.05) is 0 Å². The summed E-state index contributed by atoms with van der Waals surface area (Å²) in [5.41, 5.74) is -0.360. The highest BCUT2D eigenvalue weighted by Crippen LogP contribution is 2.33. The third-order valence-corrected chi connectivity index (χ3v) is 3.19. The quantitative estimate of drug-likeness (QED) is 0.753. The second-order valence-electron chi connectivity index (χ2n) is 3.45. The van der Waals surface area contributed by atoms with E-state index >= 15 is 0 Å². The monoisotopic (exact) mass is 246 g/mol. The Morgan fingerprint density at radius 2 is 2.00 bits per heavy atom. The molecule has 0 unspecified atom stereocenters. The molecule has 16 heavy (non-hydrogen) atoms. The van der Waals surface area contributed by atoms with Crippen molar-refractivity contribution in [1.29, 1.82) is 0 Å². The van der Waals surface area contributed by atoms with Crippen LogP contribution in [-0.4, -0.2) is 9.78 Å². The predicted molar refractivity (Wildman–Crippen MR) is 56.3 cm³/mol. The van der Waals surface area contributed by atoms with E-state index in [0.717, 1.165) is 20.5 Å². The van der Waals surface area contributed by atoms with Gasteiger partial charge in [-0.3, -0.25) is 4.68 Å². The molecule has 2 aromatic rings. The first-order chi connectivity index (χ1) is 7.38. The molecular formula is C10H9F3N2S. The Morgan fingerprint density at radius 1 is 1.31 bits per heavy atom. The predicted octanol–water partition coefficient (Wildman–Crippen LogP) is 3.48. The molecule has 0 saturated heterocycles. The van der Waals surface area contributed by atoms with Crippen molar-refractivity contribution in [2.45, 2.75) is 13.1 Å². The molecule has 0 amide bonds. The molecule has 0 aliphatic rings. The van der Waals surface area contributed by atoms with E-state index in [2.05, 4.69) is 5.10 Å². The number of alkyl halides is 3. The van der Waals surface area contributed by atoms with Crippen molar-refractivity contribution in [2.24, 2.45) is 7.05 Å². The molecule has 0 saturated carbocycles. The number of aryl methyl sites for hydroxylation is 2. The van der Waals surface area contributed by atoms with E-state index in [1.54, 1.807) is 6.07 Å². The summed E-state index contributed by atoms with van der Waals surface area (Å²) in [5, 5.41) is 3.87. The highest BCUT2D eigenvalue weighted by atomic mass is 32.1. The molecule has 0 radical (unpaired) electrons. The summed E-state index contributed by atoms with van der Waals surface area (Å²) in [5.74, 6) is 0. The standard InChI is InChI=1S/C10H9F3N2S/c1-6-3-4-8(16-6)7-5-9(10(11,12)13)15(2)14-7/h3-5H,1-2H3. The van der Waals surface area contributed by atoms with Crippen molar-refractivity contribution in [1.82, 2.24) is 9.78 Å². The minimum Gasteiger partial charge on any atom is -0.263 e. The maximum Gasteiger partial charge on any atom is 0.433 e. The Hall–Kier alpha value is -1.30. The molecule has 0 spiro atoms. The lowest BCUT2D eigenvalue weighted by atomic mass is 10.3. The number of rotatable bonds is 1. The third kappa shape index (κ3) is 1.97. The Bertz CT molecular complexity index is 510. The van der Waals surface area contributed by atoms with Gasteiger partial charge in [0.05, 0.1) is 4.88 Å². The zero-order valence-electron chi connectivity index (χ0n) is 8.67. The molecule has 2 nitrogen and oxygen atoms in total. The maximum atomic E-state index is 12.5. The van der Waals surface area contributed by atoms with Crippen molar-refractivity contribution in [3.05, 3.63) is 28.8 Å². The minimum absolute atomic E-state index is 0.368. The second kappa shape index (κ2) is 3.62. The zero-order chi connectivity index (χ0) is 11.9. The van der Waals surface area contributed by atoms with E-state index in [1.807, 2.05) is 13.0 Å². The summed E-state index contributed by atoms with van der Waals surface area (Å²) >= 11 is 1.43. The first-order valence-corrected chi connectivity index (χ1v) is 5.37. The van der Waals surface area contributed by atoms with E-state index in [-0.39, 0.29) is 0 Å². The molecule has 0 aliphatic carbocycles. The molecule has 0 aromatic carbocycles. The smallest absolute Gasteiger partial charge is 0.263 e. The van der Waals surface area contributed by atoms with Crippen LogP contribution in [0.4, 0.5) is 13.2 Å². The van der Waals surface area contributed by atoms with Gasteiger partial charge in [0.25, 0.3) is 0 Å². The van der Waals surface area contributed by atoms with Crippen LogP contribution in [0.15, 0.2) is 18.2 Å². The molecule has 2 aromatic heterocycles. The van der Waals surface area contributed by atoms with Gasteiger partial charge in [-0.25, -0.2) is 0 Å². The van der Waals surface area contributed by atoms with Crippen LogP contribution in [0.5, 0.6) is 0 Å². The van der Waals surface area contributed by atoms with Gasteiger partial charge in [0.1, 0.15) is 11.4 Å². The lowest BCUT2D eigenvalue weighted by molar-refractivity contribution is -0.143. The average Bonchev–Trinajstić information content (AvgIpc) is 2.70. The molecule has 0 fully saturated rings. The van der Waals surface area contributed by atoms with Crippen LogP contribution in [0.3, 0.4) is 0 Å². The van der Waals surface area contributed by atoms with Crippen molar-refractivity contribution in [2.75, 3.05) is 0 Å². The molecule has 86 valence electrons. The van der Waals surface area contributed by atoms with E-state index in [4.69, 9.17) is 0 Å². The van der Waals surface area contributed by atoms with Crippen molar-refractivity contribution in [3.63, 3.8) is 0 Å². The summed E-state index contributed by atoms with van der Waals surface area (Å²) in [6.07, 6.45) is -4.35. The molecule has 2 heterocycles. The lowest BCUT2D eigenvalue weighted by Crippen LogP contribution is -2.11. The fourth-order valence-corrected chi connectivity index (χ4v) is 2.25. The maximum absolute atomic E-state index is 12.5. The number of aromatic nitrogens is 2. The number of hydrogen-bond donors (Lipinski definition) is 0. The van der Waals surface area contributed by atoms with Crippen LogP contribution in [0.25, 0.3) is 10.6 Å². The van der Waals surface area contributed by atoms with Crippen LogP contribution < -0.4 is 0 Å². The van der Waals surface area contributed by atoms with Gasteiger partial charge in [0.15, 0.2) is 0 Å². The van der Waals surface area contributed by atoms with Crippen molar-refractivity contribution >= 4 is 11.3 Å². The van der Waals surface area contributed by atoms with Gasteiger partial charge in [-0.15, -0.1) is 11.3 Å². The summed E-state index contributed by atoms with van der Waals surface area (Å²) in [6.45, 7) is 1.90. The molecule has 2 rings (SSSR count). The average molecular weight is 246 g/mol. The van der Waals surface area contributed by atoms with Crippen LogP contribution >= 0.6 is 11.3 Å². The highest BCUT2D eigenvalue weighted by molar-refractivity contribution is 7.15. The third-order valence-electron chi connectivity index (χ3n) is 2.16. The fourth-order valence-electron chi connectivity index (χ4n) is 1.43. The van der Waals surface area contributed by atoms with E-state index in [9.17, 15) is 13.2 Å². The molecule has 0 bridgehead atoms. The Kier molecular flexibility index (Phi) is 2.53. The number of nitrogens with zero attached hydrogens (tertiary/aromatic N) is 2. The topological polar surface area (TPSA) is 17.8 Å². The lowest BCUT2D eigenvalue weighted by Gasteiger charge is -2.04. The Labute approximate surface area is 94.3 Å². The number of halogens is 3. The van der Waals surface area contributed by atoms with Gasteiger partial charge in [0.2, 0.25) is 0 Å². The van der Waals surface area contributed by atoms with Crippen LogP contribution in [0.2, 0.25) is 0 Å². The Morgan fingerprint density at radius 3 is 2.44 bits per heavy atom. The number of thiophene rings is 1. The van der Waals surface area contributed by atoms with Crippen molar-refractivity contribution < 1.29 is 13.2 Å². The second-order valence-corrected chi connectivity index (χ2v) is 4.73. The summed E-state index contributed by atoms with van der Waals surface area (Å²) in [6, 6.07) is 4.72. The van der Waals surface area contributed by atoms with Crippen molar-refractivity contribution in [3.8, 4) is 10.6 Å². The van der Waals surface area contributed by atoms with E-state index < -0.39 is 11.9 Å². The van der Waals surface area contributed by atoms with Gasteiger partial charge >= 0.3 is 6.18 Å². The molecule has 6 heteroatoms. The Balaban J connectivity index is 2.46. The SMILES string of the molecule is Cc1ccc(-c2cc(C(F)(F)F)n(C)n2)s1. The summed E-state index contributed by atoms with van der Waals surface area (Å²) < 4.78 is 38.4. The molecule has 0 aliphatic heterocycles. The van der Waals surface area contributed by atoms with Gasteiger partial charge in [-0.2, -0.15) is 18.3 Å². The van der Waals surface area contributed by atoms with E-state index in [0.29, 0.717) is 5.69 Å². The first-order valence-electron chi connectivity index (χ1n) is 4.56. The van der Waals surface area contributed by atoms with Crippen LogP contribution in [-0.2, 0) is 13.2 Å². The molecule has 0 N–H and O–H groups in total. The van der Waals surface area contributed by atoms with E-state index in [1.165, 1.54) is 18.4 Å². The summed E-state index contributed by atoms with van der Waals surface area (Å²) in [4.78, 5) is 1.80.